The second-order valence-electron chi connectivity index (χ2n) is 5.27. The van der Waals surface area contributed by atoms with Gasteiger partial charge in [0.15, 0.2) is 0 Å². The number of carbonyl (C=O) groups excluding carboxylic acids is 1. The topological polar surface area (TPSA) is 104 Å². The monoisotopic (exact) mass is 325 g/mol. The molecule has 2 atom stereocenters. The molecule has 0 aliphatic carbocycles. The Morgan fingerprint density at radius 3 is 2.68 bits per heavy atom. The molecule has 1 aliphatic heterocycles. The van der Waals surface area contributed by atoms with Gasteiger partial charge in [-0.05, 0) is 37.1 Å². The molecule has 8 heteroatoms. The number of hydrogen-bond acceptors (Lipinski definition) is 4. The lowest BCUT2D eigenvalue weighted by Crippen LogP contribution is -2.41. The van der Waals surface area contributed by atoms with Crippen LogP contribution in [0.15, 0.2) is 23.1 Å². The number of carbonyl (C=O) groups is 2. The number of amides is 1. The molecule has 1 amide bonds. The third-order valence-corrected chi connectivity index (χ3v) is 5.34. The molecule has 2 N–H and O–H groups in total. The summed E-state index contributed by atoms with van der Waals surface area (Å²) in [5, 5.41) is 11.9. The molecule has 1 heterocycles. The van der Waals surface area contributed by atoms with Gasteiger partial charge in [0, 0.05) is 19.5 Å². The maximum Gasteiger partial charge on any atom is 0.322 e. The predicted octanol–water partition coefficient (Wildman–Crippen LogP) is 0.148. The van der Waals surface area contributed by atoms with Crippen molar-refractivity contribution in [2.24, 2.45) is 0 Å². The fourth-order valence-electron chi connectivity index (χ4n) is 2.54. The van der Waals surface area contributed by atoms with E-state index < -0.39 is 28.1 Å². The number of benzene rings is 1. The maximum absolute atomic E-state index is 12.7. The van der Waals surface area contributed by atoms with Crippen LogP contribution in [0.1, 0.15) is 18.9 Å². The first-order valence-electron chi connectivity index (χ1n) is 6.72. The van der Waals surface area contributed by atoms with Crippen molar-refractivity contribution >= 4 is 21.9 Å². The lowest BCUT2D eigenvalue weighted by Gasteiger charge is -2.21. The first-order chi connectivity index (χ1) is 10.2. The third kappa shape index (κ3) is 3.28. The zero-order valence-electron chi connectivity index (χ0n) is 12.2. The average Bonchev–Trinajstić information content (AvgIpc) is 2.82. The smallest absolute Gasteiger partial charge is 0.322 e. The number of aryl methyl sites for hydroxylation is 1. The standard InChI is InChI=1S/C14H17N2O5S/c1-9-4-3-5-12(6-9)22(20,21)16-8-11(15-10(2)17)7-13(16)14(18)19/h3,5-6,11,13H,7-8H2,1-2H3,(H,15,17)(H,18,19)/t11-,13-/m0/s1. The van der Waals surface area contributed by atoms with E-state index in [-0.39, 0.29) is 23.8 Å². The molecule has 0 spiro atoms. The summed E-state index contributed by atoms with van der Waals surface area (Å²) in [6, 6.07) is 5.46. The van der Waals surface area contributed by atoms with Gasteiger partial charge in [0.05, 0.1) is 4.90 Å². The van der Waals surface area contributed by atoms with Gasteiger partial charge in [-0.3, -0.25) is 9.59 Å². The Morgan fingerprint density at radius 1 is 1.45 bits per heavy atom. The van der Waals surface area contributed by atoms with Gasteiger partial charge >= 0.3 is 5.97 Å². The van der Waals surface area contributed by atoms with E-state index in [1.165, 1.54) is 25.1 Å². The minimum absolute atomic E-state index is 0.0264. The average molecular weight is 325 g/mol. The van der Waals surface area contributed by atoms with Crippen LogP contribution in [0.25, 0.3) is 0 Å². The highest BCUT2D eigenvalue weighted by Gasteiger charge is 2.44. The van der Waals surface area contributed by atoms with Crippen molar-refractivity contribution in [2.75, 3.05) is 6.54 Å². The Bertz CT molecular complexity index is 701. The predicted molar refractivity (Wildman–Crippen MR) is 77.6 cm³/mol. The highest BCUT2D eigenvalue weighted by Crippen LogP contribution is 2.27. The van der Waals surface area contributed by atoms with Crippen molar-refractivity contribution in [3.05, 3.63) is 29.8 Å². The molecule has 119 valence electrons. The Hall–Kier alpha value is -1.93. The van der Waals surface area contributed by atoms with E-state index in [2.05, 4.69) is 11.4 Å². The molecule has 0 bridgehead atoms. The van der Waals surface area contributed by atoms with Crippen LogP contribution in [0, 0.1) is 13.0 Å². The number of nitrogens with one attached hydrogen (secondary N) is 1. The van der Waals surface area contributed by atoms with E-state index >= 15 is 0 Å². The molecule has 22 heavy (non-hydrogen) atoms. The number of aliphatic carboxylic acids is 1. The summed E-state index contributed by atoms with van der Waals surface area (Å²) in [4.78, 5) is 22.5. The van der Waals surface area contributed by atoms with Crippen molar-refractivity contribution in [2.45, 2.75) is 37.2 Å². The van der Waals surface area contributed by atoms with Gasteiger partial charge in [-0.2, -0.15) is 4.31 Å². The fraction of sp³-hybridized carbons (Fsp3) is 0.429. The normalized spacial score (nSPS) is 22.5. The Labute approximate surface area is 129 Å². The lowest BCUT2D eigenvalue weighted by molar-refractivity contribution is -0.140. The summed E-state index contributed by atoms with van der Waals surface area (Å²) in [5.74, 6) is -1.55. The molecule has 1 aliphatic rings. The number of carboxylic acid groups (broad SMARTS) is 1. The molecule has 1 radical (unpaired) electrons. The minimum Gasteiger partial charge on any atom is -0.480 e. The number of sulfonamides is 1. The largest absolute Gasteiger partial charge is 0.480 e. The maximum atomic E-state index is 12.7. The van der Waals surface area contributed by atoms with Gasteiger partial charge < -0.3 is 10.4 Å². The van der Waals surface area contributed by atoms with Gasteiger partial charge in [0.25, 0.3) is 0 Å². The lowest BCUT2D eigenvalue weighted by atomic mass is 10.2. The highest BCUT2D eigenvalue weighted by atomic mass is 32.2. The van der Waals surface area contributed by atoms with Gasteiger partial charge in [0.2, 0.25) is 15.9 Å². The molecule has 1 fully saturated rings. The van der Waals surface area contributed by atoms with Crippen LogP contribution in [0.4, 0.5) is 0 Å². The summed E-state index contributed by atoms with van der Waals surface area (Å²) in [6.07, 6.45) is 0.0477. The molecule has 2 rings (SSSR count). The number of carboxylic acids is 1. The van der Waals surface area contributed by atoms with Gasteiger partial charge in [-0.15, -0.1) is 0 Å². The molecule has 0 unspecified atom stereocenters. The SMILES string of the molecule is CC(=O)N[C@H]1C[C@@H](C(=O)O)N(S(=O)(=O)c2cc[c]c(C)c2)C1. The Kier molecular flexibility index (Phi) is 4.52. The van der Waals surface area contributed by atoms with Gasteiger partial charge in [-0.1, -0.05) is 6.07 Å². The van der Waals surface area contributed by atoms with Crippen molar-refractivity contribution in [3.8, 4) is 0 Å². The van der Waals surface area contributed by atoms with Crippen LogP contribution in [0.3, 0.4) is 0 Å². The summed E-state index contributed by atoms with van der Waals surface area (Å²) in [7, 11) is -3.94. The van der Waals surface area contributed by atoms with Crippen LogP contribution in [0.2, 0.25) is 0 Å². The number of nitrogens with zero attached hydrogens (tertiary/aromatic N) is 1. The summed E-state index contributed by atoms with van der Waals surface area (Å²) < 4.78 is 26.3. The summed E-state index contributed by atoms with van der Waals surface area (Å²) in [5.41, 5.74) is 0.644. The second kappa shape index (κ2) is 6.05. The van der Waals surface area contributed by atoms with E-state index in [0.29, 0.717) is 5.56 Å². The number of hydrogen-bond donors (Lipinski definition) is 2. The van der Waals surface area contributed by atoms with Crippen molar-refractivity contribution < 1.29 is 23.1 Å². The second-order valence-corrected chi connectivity index (χ2v) is 7.16. The zero-order chi connectivity index (χ0) is 16.5. The van der Waals surface area contributed by atoms with Crippen LogP contribution in [0.5, 0.6) is 0 Å². The van der Waals surface area contributed by atoms with Gasteiger partial charge in [-0.25, -0.2) is 8.42 Å². The summed E-state index contributed by atoms with van der Waals surface area (Å²) >= 11 is 0. The first-order valence-corrected chi connectivity index (χ1v) is 8.16. The van der Waals surface area contributed by atoms with Crippen molar-refractivity contribution in [3.63, 3.8) is 0 Å². The molecule has 0 aromatic heterocycles. The van der Waals surface area contributed by atoms with E-state index in [1.807, 2.05) is 0 Å². The molecular formula is C14H17N2O5S. The quantitative estimate of drug-likeness (QED) is 0.820. The van der Waals surface area contributed by atoms with E-state index in [1.54, 1.807) is 6.92 Å². The molecule has 0 saturated carbocycles. The van der Waals surface area contributed by atoms with E-state index in [4.69, 9.17) is 0 Å². The van der Waals surface area contributed by atoms with Crippen LogP contribution in [-0.4, -0.2) is 48.3 Å². The van der Waals surface area contributed by atoms with Crippen LogP contribution >= 0.6 is 0 Å². The van der Waals surface area contributed by atoms with E-state index in [0.717, 1.165) is 4.31 Å². The molecule has 7 nitrogen and oxygen atoms in total. The van der Waals surface area contributed by atoms with Crippen molar-refractivity contribution in [1.82, 2.24) is 9.62 Å². The molecule has 1 aromatic rings. The minimum atomic E-state index is -3.94. The zero-order valence-corrected chi connectivity index (χ0v) is 13.1. The molecular weight excluding hydrogens is 308 g/mol. The first kappa shape index (κ1) is 16.4. The van der Waals surface area contributed by atoms with Crippen LogP contribution < -0.4 is 5.32 Å². The third-order valence-electron chi connectivity index (χ3n) is 3.47. The van der Waals surface area contributed by atoms with E-state index in [9.17, 15) is 23.1 Å². The Balaban J connectivity index is 2.35. The number of rotatable bonds is 4. The van der Waals surface area contributed by atoms with Gasteiger partial charge in [0.1, 0.15) is 6.04 Å². The fourth-order valence-corrected chi connectivity index (χ4v) is 4.27. The molecule has 1 saturated heterocycles. The summed E-state index contributed by atoms with van der Waals surface area (Å²) in [6.45, 7) is 2.96. The molecule has 1 aromatic carbocycles. The van der Waals surface area contributed by atoms with Crippen LogP contribution in [-0.2, 0) is 19.6 Å². The Morgan fingerprint density at radius 2 is 2.14 bits per heavy atom. The van der Waals surface area contributed by atoms with Crippen molar-refractivity contribution in [1.29, 1.82) is 0 Å². The highest BCUT2D eigenvalue weighted by molar-refractivity contribution is 7.89.